The predicted octanol–water partition coefficient (Wildman–Crippen LogP) is -0.617. The minimum absolute atomic E-state index is 0.0209. The fraction of sp³-hybridized carbons (Fsp3) is 0.500. The van der Waals surface area contributed by atoms with Gasteiger partial charge in [0.1, 0.15) is 0 Å². The molecule has 1 fully saturated rings. The number of aromatic nitrogens is 1. The van der Waals surface area contributed by atoms with Gasteiger partial charge in [-0.3, -0.25) is 10.1 Å². The Bertz CT molecular complexity index is 387. The average molecular weight is 206 g/mol. The van der Waals surface area contributed by atoms with E-state index in [4.69, 9.17) is 0 Å². The number of nitrogens with one attached hydrogen (secondary N) is 3. The van der Waals surface area contributed by atoms with Crippen LogP contribution in [0.5, 0.6) is 0 Å². The van der Waals surface area contributed by atoms with Crippen LogP contribution in [0.2, 0.25) is 0 Å². The Kier molecular flexibility index (Phi) is 2.00. The lowest BCUT2D eigenvalue weighted by Gasteiger charge is -2.32. The third-order valence-corrected chi connectivity index (χ3v) is 3.13. The van der Waals surface area contributed by atoms with Crippen molar-refractivity contribution in [2.75, 3.05) is 13.2 Å². The molecule has 2 unspecified atom stereocenters. The van der Waals surface area contributed by atoms with Gasteiger partial charge in [0.2, 0.25) is 5.91 Å². The molecular formula is C10H14N4O. The van der Waals surface area contributed by atoms with E-state index in [1.165, 1.54) is 0 Å². The molecule has 3 heterocycles. The first kappa shape index (κ1) is 8.94. The topological polar surface area (TPSA) is 58.1 Å². The molecule has 3 N–H and O–H groups in total. The van der Waals surface area contributed by atoms with Crippen LogP contribution in [-0.4, -0.2) is 23.7 Å². The van der Waals surface area contributed by atoms with Crippen molar-refractivity contribution in [3.05, 3.63) is 24.0 Å². The summed E-state index contributed by atoms with van der Waals surface area (Å²) in [6, 6.07) is 4.07. The third kappa shape index (κ3) is 1.35. The van der Waals surface area contributed by atoms with Crippen LogP contribution in [0.15, 0.2) is 18.3 Å². The molecule has 0 aromatic carbocycles. The summed E-state index contributed by atoms with van der Waals surface area (Å²) in [5, 5.41) is 9.45. The van der Waals surface area contributed by atoms with Gasteiger partial charge in [0.05, 0.1) is 18.6 Å². The Labute approximate surface area is 87.8 Å². The molecule has 1 amide bonds. The van der Waals surface area contributed by atoms with Gasteiger partial charge >= 0.3 is 0 Å². The van der Waals surface area contributed by atoms with E-state index in [0.29, 0.717) is 6.54 Å². The Balaban J connectivity index is 2.02. The molecule has 15 heavy (non-hydrogen) atoms. The minimum Gasteiger partial charge on any atom is -0.350 e. The van der Waals surface area contributed by atoms with Gasteiger partial charge in [0.25, 0.3) is 0 Å². The fourth-order valence-corrected chi connectivity index (χ4v) is 2.35. The summed E-state index contributed by atoms with van der Waals surface area (Å²) in [5.41, 5.74) is 1.16. The van der Waals surface area contributed by atoms with Crippen molar-refractivity contribution >= 4 is 5.91 Å². The molecule has 1 aromatic rings. The number of hydrogen-bond acceptors (Lipinski definition) is 3. The summed E-state index contributed by atoms with van der Waals surface area (Å²) in [4.78, 5) is 11.8. The number of rotatable bonds is 0. The smallest absolute Gasteiger partial charge is 0.228 e. The molecule has 0 radical (unpaired) electrons. The molecule has 80 valence electrons. The van der Waals surface area contributed by atoms with Crippen LogP contribution in [-0.2, 0) is 11.3 Å². The lowest BCUT2D eigenvalue weighted by Crippen LogP contribution is -2.52. The van der Waals surface area contributed by atoms with Gasteiger partial charge in [0, 0.05) is 25.1 Å². The van der Waals surface area contributed by atoms with Crippen LogP contribution in [0.4, 0.5) is 0 Å². The molecule has 2 atom stereocenters. The van der Waals surface area contributed by atoms with Crippen molar-refractivity contribution in [1.82, 2.24) is 20.5 Å². The Hall–Kier alpha value is -1.33. The van der Waals surface area contributed by atoms with Gasteiger partial charge in [-0.25, -0.2) is 0 Å². The first-order chi connectivity index (χ1) is 7.36. The van der Waals surface area contributed by atoms with Gasteiger partial charge in [-0.1, -0.05) is 0 Å². The average Bonchev–Trinajstić information content (AvgIpc) is 2.69. The molecule has 1 aromatic heterocycles. The van der Waals surface area contributed by atoms with E-state index in [1.807, 2.05) is 18.3 Å². The monoisotopic (exact) mass is 206 g/mol. The van der Waals surface area contributed by atoms with Crippen LogP contribution in [0.25, 0.3) is 0 Å². The molecular weight excluding hydrogens is 192 g/mol. The first-order valence-electron chi connectivity index (χ1n) is 5.24. The van der Waals surface area contributed by atoms with Crippen molar-refractivity contribution in [2.45, 2.75) is 12.7 Å². The van der Waals surface area contributed by atoms with Crippen LogP contribution in [0, 0.1) is 5.92 Å². The van der Waals surface area contributed by atoms with Gasteiger partial charge in [-0.15, -0.1) is 0 Å². The summed E-state index contributed by atoms with van der Waals surface area (Å²) in [6.45, 7) is 2.12. The van der Waals surface area contributed by atoms with Crippen molar-refractivity contribution in [3.63, 3.8) is 0 Å². The Morgan fingerprint density at radius 2 is 2.40 bits per heavy atom. The second-order valence-corrected chi connectivity index (χ2v) is 4.01. The maximum Gasteiger partial charge on any atom is 0.228 e. The zero-order valence-electron chi connectivity index (χ0n) is 8.36. The van der Waals surface area contributed by atoms with E-state index in [-0.39, 0.29) is 18.0 Å². The van der Waals surface area contributed by atoms with Crippen LogP contribution < -0.4 is 16.0 Å². The third-order valence-electron chi connectivity index (χ3n) is 3.13. The van der Waals surface area contributed by atoms with E-state index < -0.39 is 0 Å². The molecule has 1 saturated heterocycles. The van der Waals surface area contributed by atoms with E-state index in [1.54, 1.807) is 0 Å². The summed E-state index contributed by atoms with van der Waals surface area (Å²) < 4.78 is 2.16. The second kappa shape index (κ2) is 3.36. The molecule has 0 saturated carbocycles. The van der Waals surface area contributed by atoms with Gasteiger partial charge in [0.15, 0.2) is 0 Å². The van der Waals surface area contributed by atoms with Crippen molar-refractivity contribution in [1.29, 1.82) is 0 Å². The summed E-state index contributed by atoms with van der Waals surface area (Å²) in [6.07, 6.45) is 2.13. The lowest BCUT2D eigenvalue weighted by molar-refractivity contribution is -0.126. The molecule has 5 heteroatoms. The maximum atomic E-state index is 11.8. The highest BCUT2D eigenvalue weighted by molar-refractivity contribution is 5.79. The van der Waals surface area contributed by atoms with Crippen LogP contribution >= 0.6 is 0 Å². The first-order valence-corrected chi connectivity index (χ1v) is 5.24. The number of carbonyl (C=O) groups excluding carboxylic acids is 1. The Morgan fingerprint density at radius 3 is 3.33 bits per heavy atom. The number of carbonyl (C=O) groups is 1. The van der Waals surface area contributed by atoms with E-state index in [0.717, 1.165) is 18.9 Å². The number of amides is 1. The summed E-state index contributed by atoms with van der Waals surface area (Å²) in [7, 11) is 0. The zero-order chi connectivity index (χ0) is 10.3. The molecule has 2 aliphatic rings. The van der Waals surface area contributed by atoms with Gasteiger partial charge in [-0.05, 0) is 12.1 Å². The zero-order valence-corrected chi connectivity index (χ0v) is 8.36. The van der Waals surface area contributed by atoms with E-state index in [2.05, 4.69) is 20.5 Å². The second-order valence-electron chi connectivity index (χ2n) is 4.01. The van der Waals surface area contributed by atoms with Gasteiger partial charge < -0.3 is 15.2 Å². The van der Waals surface area contributed by atoms with Crippen molar-refractivity contribution in [3.8, 4) is 0 Å². The highest BCUT2D eigenvalue weighted by Gasteiger charge is 2.34. The highest BCUT2D eigenvalue weighted by atomic mass is 16.2. The lowest BCUT2D eigenvalue weighted by atomic mass is 10.0. The molecule has 0 spiro atoms. The summed E-state index contributed by atoms with van der Waals surface area (Å²) in [5.74, 6) is 0.107. The quantitative estimate of drug-likeness (QED) is 0.530. The maximum absolute atomic E-state index is 11.8. The highest BCUT2D eigenvalue weighted by Crippen LogP contribution is 2.23. The standard InChI is InChI=1S/C10H14N4O/c15-10-8-5-11-6-13-9(8)14-3-1-2-7(14)4-12-10/h1-3,8-9,11,13H,4-6H2,(H,12,15). The normalized spacial score (nSPS) is 30.0. The number of hydrogen-bond donors (Lipinski definition) is 3. The van der Waals surface area contributed by atoms with Crippen LogP contribution in [0.3, 0.4) is 0 Å². The largest absolute Gasteiger partial charge is 0.350 e. The number of fused-ring (bicyclic) bond motifs is 3. The summed E-state index contributed by atoms with van der Waals surface area (Å²) >= 11 is 0. The molecule has 2 aliphatic heterocycles. The minimum atomic E-state index is -0.0209. The Morgan fingerprint density at radius 1 is 1.47 bits per heavy atom. The fourth-order valence-electron chi connectivity index (χ4n) is 2.35. The van der Waals surface area contributed by atoms with Crippen molar-refractivity contribution < 1.29 is 4.79 Å². The van der Waals surface area contributed by atoms with E-state index in [9.17, 15) is 4.79 Å². The SMILES string of the molecule is O=C1NCc2cccn2C2NCNCC12. The molecule has 0 aliphatic carbocycles. The predicted molar refractivity (Wildman–Crippen MR) is 54.8 cm³/mol. The van der Waals surface area contributed by atoms with Crippen LogP contribution in [0.1, 0.15) is 11.9 Å². The van der Waals surface area contributed by atoms with Gasteiger partial charge in [-0.2, -0.15) is 0 Å². The van der Waals surface area contributed by atoms with Crippen molar-refractivity contribution in [2.24, 2.45) is 5.92 Å². The number of nitrogens with zero attached hydrogens (tertiary/aromatic N) is 1. The molecule has 3 rings (SSSR count). The molecule has 0 bridgehead atoms. The van der Waals surface area contributed by atoms with E-state index >= 15 is 0 Å². The molecule has 5 nitrogen and oxygen atoms in total.